The van der Waals surface area contributed by atoms with Crippen LogP contribution in [0.5, 0.6) is 0 Å². The van der Waals surface area contributed by atoms with Crippen molar-refractivity contribution in [3.63, 3.8) is 0 Å². The average Bonchev–Trinajstić information content (AvgIpc) is 2.48. The number of halogens is 1. The molecule has 2 N–H and O–H groups in total. The summed E-state index contributed by atoms with van der Waals surface area (Å²) in [5.74, 6) is -1.88. The Hall–Kier alpha value is -1.91. The maximum absolute atomic E-state index is 13.0. The van der Waals surface area contributed by atoms with Crippen LogP contribution >= 0.6 is 0 Å². The Morgan fingerprint density at radius 1 is 1.54 bits per heavy atom. The SMILES string of the molecule is O=C(O)c1cccc2n[nH]c(F)c12. The Morgan fingerprint density at radius 2 is 2.31 bits per heavy atom. The molecule has 2 rings (SSSR count). The van der Waals surface area contributed by atoms with Crippen LogP contribution in [0.15, 0.2) is 18.2 Å². The molecule has 0 fully saturated rings. The summed E-state index contributed by atoms with van der Waals surface area (Å²) in [5.41, 5.74) is 0.237. The Balaban J connectivity index is 2.88. The van der Waals surface area contributed by atoms with E-state index < -0.39 is 11.9 Å². The molecule has 4 nitrogen and oxygen atoms in total. The van der Waals surface area contributed by atoms with Crippen molar-refractivity contribution in [2.45, 2.75) is 0 Å². The van der Waals surface area contributed by atoms with Crippen LogP contribution < -0.4 is 0 Å². The number of aromatic amines is 1. The molecule has 2 aromatic rings. The number of nitrogens with one attached hydrogen (secondary N) is 1. The third-order valence-electron chi connectivity index (χ3n) is 1.77. The predicted octanol–water partition coefficient (Wildman–Crippen LogP) is 1.40. The van der Waals surface area contributed by atoms with Gasteiger partial charge in [0.15, 0.2) is 0 Å². The van der Waals surface area contributed by atoms with Crippen molar-refractivity contribution in [2.24, 2.45) is 0 Å². The van der Waals surface area contributed by atoms with E-state index in [4.69, 9.17) is 5.11 Å². The molecule has 0 saturated carbocycles. The number of hydrogen-bond donors (Lipinski definition) is 2. The molecular weight excluding hydrogens is 175 g/mol. The number of carboxylic acid groups (broad SMARTS) is 1. The van der Waals surface area contributed by atoms with E-state index in [0.717, 1.165) is 0 Å². The van der Waals surface area contributed by atoms with Crippen LogP contribution in [0.1, 0.15) is 10.4 Å². The highest BCUT2D eigenvalue weighted by atomic mass is 19.1. The number of rotatable bonds is 1. The van der Waals surface area contributed by atoms with Crippen molar-refractivity contribution in [3.05, 3.63) is 29.7 Å². The van der Waals surface area contributed by atoms with Crippen molar-refractivity contribution < 1.29 is 14.3 Å². The quantitative estimate of drug-likeness (QED) is 0.697. The molecule has 5 heteroatoms. The minimum absolute atomic E-state index is 0.0231. The van der Waals surface area contributed by atoms with Crippen LogP contribution in [0.25, 0.3) is 10.9 Å². The molecule has 0 spiro atoms. The largest absolute Gasteiger partial charge is 0.478 e. The van der Waals surface area contributed by atoms with Gasteiger partial charge in [-0.15, -0.1) is 0 Å². The second-order valence-corrected chi connectivity index (χ2v) is 2.54. The summed E-state index contributed by atoms with van der Waals surface area (Å²) in [6.45, 7) is 0. The van der Waals surface area contributed by atoms with Gasteiger partial charge in [-0.3, -0.25) is 5.10 Å². The van der Waals surface area contributed by atoms with Crippen molar-refractivity contribution in [1.82, 2.24) is 10.2 Å². The van der Waals surface area contributed by atoms with Gasteiger partial charge < -0.3 is 5.11 Å². The molecule has 0 saturated heterocycles. The summed E-state index contributed by atoms with van der Waals surface area (Å²) in [6, 6.07) is 4.40. The number of carboxylic acids is 1. The van der Waals surface area contributed by atoms with Gasteiger partial charge in [-0.1, -0.05) is 6.07 Å². The van der Waals surface area contributed by atoms with Crippen molar-refractivity contribution in [1.29, 1.82) is 0 Å². The van der Waals surface area contributed by atoms with Gasteiger partial charge in [0.1, 0.15) is 0 Å². The molecule has 0 aliphatic heterocycles. The van der Waals surface area contributed by atoms with E-state index in [1.54, 1.807) is 6.07 Å². The van der Waals surface area contributed by atoms with Gasteiger partial charge in [-0.05, 0) is 12.1 Å². The van der Waals surface area contributed by atoms with Crippen LogP contribution in [0.4, 0.5) is 4.39 Å². The van der Waals surface area contributed by atoms with Gasteiger partial charge >= 0.3 is 5.97 Å². The average molecular weight is 180 g/mol. The first kappa shape index (κ1) is 7.72. The molecule has 1 aromatic heterocycles. The molecule has 0 radical (unpaired) electrons. The lowest BCUT2D eigenvalue weighted by Crippen LogP contribution is -1.97. The highest BCUT2D eigenvalue weighted by molar-refractivity contribution is 6.02. The summed E-state index contributed by atoms with van der Waals surface area (Å²) in [6.07, 6.45) is 0. The smallest absolute Gasteiger partial charge is 0.336 e. The third-order valence-corrected chi connectivity index (χ3v) is 1.77. The fraction of sp³-hybridized carbons (Fsp3) is 0. The summed E-state index contributed by atoms with van der Waals surface area (Å²) in [5, 5.41) is 14.4. The van der Waals surface area contributed by atoms with Gasteiger partial charge in [0.25, 0.3) is 0 Å². The van der Waals surface area contributed by atoms with Crippen LogP contribution in [-0.2, 0) is 0 Å². The van der Waals surface area contributed by atoms with Crippen molar-refractivity contribution >= 4 is 16.9 Å². The molecule has 0 atom stereocenters. The van der Waals surface area contributed by atoms with E-state index in [-0.39, 0.29) is 10.9 Å². The lowest BCUT2D eigenvalue weighted by molar-refractivity contribution is 0.0698. The third kappa shape index (κ3) is 1.05. The molecule has 66 valence electrons. The fourth-order valence-electron chi connectivity index (χ4n) is 1.21. The fourth-order valence-corrected chi connectivity index (χ4v) is 1.21. The number of nitrogens with zero attached hydrogens (tertiary/aromatic N) is 1. The van der Waals surface area contributed by atoms with Gasteiger partial charge in [-0.2, -0.15) is 9.49 Å². The number of aromatic carboxylic acids is 1. The van der Waals surface area contributed by atoms with E-state index in [2.05, 4.69) is 10.2 Å². The van der Waals surface area contributed by atoms with Crippen LogP contribution in [0.3, 0.4) is 0 Å². The normalized spacial score (nSPS) is 10.5. The molecule has 0 bridgehead atoms. The molecule has 13 heavy (non-hydrogen) atoms. The Labute approximate surface area is 72.0 Å². The zero-order valence-corrected chi connectivity index (χ0v) is 6.41. The predicted molar refractivity (Wildman–Crippen MR) is 43.0 cm³/mol. The molecule has 0 unspecified atom stereocenters. The number of carbonyl (C=O) groups is 1. The first-order chi connectivity index (χ1) is 6.20. The number of fused-ring (bicyclic) bond motifs is 1. The Bertz CT molecular complexity index is 478. The minimum atomic E-state index is -1.16. The van der Waals surface area contributed by atoms with Gasteiger partial charge in [0.05, 0.1) is 16.5 Å². The highest BCUT2D eigenvalue weighted by Crippen LogP contribution is 2.19. The van der Waals surface area contributed by atoms with Crippen molar-refractivity contribution in [3.8, 4) is 0 Å². The summed E-state index contributed by atoms with van der Waals surface area (Å²) in [7, 11) is 0. The van der Waals surface area contributed by atoms with Crippen LogP contribution in [0.2, 0.25) is 0 Å². The molecule has 0 aliphatic carbocycles. The standard InChI is InChI=1S/C8H5FN2O2/c9-7-6-4(8(12)13)2-1-3-5(6)10-11-7/h1-3H,(H,10,11)(H,12,13). The first-order valence-electron chi connectivity index (χ1n) is 3.56. The zero-order valence-electron chi connectivity index (χ0n) is 6.41. The van der Waals surface area contributed by atoms with Gasteiger partial charge in [0, 0.05) is 0 Å². The van der Waals surface area contributed by atoms with E-state index in [0.29, 0.717) is 5.52 Å². The van der Waals surface area contributed by atoms with E-state index >= 15 is 0 Å². The zero-order chi connectivity index (χ0) is 9.42. The van der Waals surface area contributed by atoms with Crippen LogP contribution in [0, 0.1) is 5.95 Å². The lowest BCUT2D eigenvalue weighted by atomic mass is 10.1. The number of aromatic nitrogens is 2. The molecule has 1 aromatic carbocycles. The minimum Gasteiger partial charge on any atom is -0.478 e. The second kappa shape index (κ2) is 2.55. The van der Waals surface area contributed by atoms with E-state index in [1.165, 1.54) is 12.1 Å². The van der Waals surface area contributed by atoms with E-state index in [9.17, 15) is 9.18 Å². The number of benzene rings is 1. The molecule has 0 aliphatic rings. The number of H-pyrrole nitrogens is 1. The maximum atomic E-state index is 13.0. The molecule has 1 heterocycles. The Morgan fingerprint density at radius 3 is 3.00 bits per heavy atom. The first-order valence-corrected chi connectivity index (χ1v) is 3.56. The monoisotopic (exact) mass is 180 g/mol. The summed E-state index contributed by atoms with van der Waals surface area (Å²) >= 11 is 0. The maximum Gasteiger partial charge on any atom is 0.336 e. The molecule has 0 amide bonds. The lowest BCUT2D eigenvalue weighted by Gasteiger charge is -1.94. The van der Waals surface area contributed by atoms with Gasteiger partial charge in [-0.25, -0.2) is 4.79 Å². The van der Waals surface area contributed by atoms with Crippen molar-refractivity contribution in [2.75, 3.05) is 0 Å². The van der Waals surface area contributed by atoms with Crippen LogP contribution in [-0.4, -0.2) is 21.3 Å². The second-order valence-electron chi connectivity index (χ2n) is 2.54. The molecular formula is C8H5FN2O2. The summed E-state index contributed by atoms with van der Waals surface area (Å²) in [4.78, 5) is 10.7. The Kier molecular flexibility index (Phi) is 1.51. The van der Waals surface area contributed by atoms with E-state index in [1.807, 2.05) is 0 Å². The van der Waals surface area contributed by atoms with Gasteiger partial charge in [0.2, 0.25) is 5.95 Å². The topological polar surface area (TPSA) is 66.0 Å². The summed E-state index contributed by atoms with van der Waals surface area (Å²) < 4.78 is 13.0. The number of hydrogen-bond acceptors (Lipinski definition) is 2. The highest BCUT2D eigenvalue weighted by Gasteiger charge is 2.13.